The summed E-state index contributed by atoms with van der Waals surface area (Å²) in [5.74, 6) is -1.90. The molecule has 2 aromatic heterocycles. The van der Waals surface area contributed by atoms with Gasteiger partial charge in [-0.1, -0.05) is 23.7 Å². The Hall–Kier alpha value is -2.90. The fraction of sp³-hybridized carbons (Fsp3) is 0.458. The molecule has 1 aromatic carbocycles. The molecule has 206 valence electrons. The van der Waals surface area contributed by atoms with E-state index in [2.05, 4.69) is 15.4 Å². The van der Waals surface area contributed by atoms with Crippen molar-refractivity contribution in [1.29, 1.82) is 0 Å². The maximum Gasteiger partial charge on any atom is 0.413 e. The van der Waals surface area contributed by atoms with E-state index in [4.69, 9.17) is 16.3 Å². The number of carbonyl (C=O) groups is 1. The minimum atomic E-state index is -4.74. The van der Waals surface area contributed by atoms with Crippen LogP contribution in [0.25, 0.3) is 5.65 Å². The van der Waals surface area contributed by atoms with Gasteiger partial charge < -0.3 is 15.0 Å². The SMILES string of the molecule is CO[C@@H](C)c1c(Nc2ccc(C(N(C)C(=O)C3CCS(=O)(=O)CC3)C(F)(F)F)cc2)cnn2cc(Cl)nc12. The summed E-state index contributed by atoms with van der Waals surface area (Å²) in [5.41, 5.74) is 2.02. The molecule has 3 heterocycles. The highest BCUT2D eigenvalue weighted by atomic mass is 35.5. The molecular weight excluding hydrogens is 547 g/mol. The first kappa shape index (κ1) is 28.1. The van der Waals surface area contributed by atoms with Gasteiger partial charge in [0.05, 0.1) is 41.3 Å². The normalized spacial score (nSPS) is 17.8. The highest BCUT2D eigenvalue weighted by Crippen LogP contribution is 2.39. The van der Waals surface area contributed by atoms with Crippen LogP contribution in [0.3, 0.4) is 0 Å². The molecule has 0 aliphatic carbocycles. The van der Waals surface area contributed by atoms with Crippen molar-refractivity contribution >= 4 is 44.4 Å². The van der Waals surface area contributed by atoms with Gasteiger partial charge in [-0.2, -0.15) is 18.3 Å². The first-order valence-corrected chi connectivity index (χ1v) is 14.0. The molecule has 1 unspecified atom stereocenters. The average molecular weight is 574 g/mol. The number of halogens is 4. The van der Waals surface area contributed by atoms with Gasteiger partial charge in [0.25, 0.3) is 0 Å². The number of alkyl halides is 3. The van der Waals surface area contributed by atoms with E-state index < -0.39 is 40.0 Å². The predicted octanol–water partition coefficient (Wildman–Crippen LogP) is 4.72. The Kier molecular flexibility index (Phi) is 7.91. The summed E-state index contributed by atoms with van der Waals surface area (Å²) < 4.78 is 72.7. The second-order valence-corrected chi connectivity index (χ2v) is 11.9. The van der Waals surface area contributed by atoms with Crippen LogP contribution in [0.4, 0.5) is 24.5 Å². The summed E-state index contributed by atoms with van der Waals surface area (Å²) in [6, 6.07) is 3.37. The molecule has 0 spiro atoms. The van der Waals surface area contributed by atoms with E-state index in [1.165, 1.54) is 35.9 Å². The van der Waals surface area contributed by atoms with Crippen LogP contribution in [-0.4, -0.2) is 65.7 Å². The van der Waals surface area contributed by atoms with Gasteiger partial charge in [-0.15, -0.1) is 0 Å². The van der Waals surface area contributed by atoms with E-state index >= 15 is 0 Å². The molecular formula is C24H27ClF3N5O4S. The summed E-state index contributed by atoms with van der Waals surface area (Å²) in [6.07, 6.45) is -2.02. The minimum absolute atomic E-state index is 0.0152. The van der Waals surface area contributed by atoms with Crippen molar-refractivity contribution in [3.63, 3.8) is 0 Å². The molecule has 1 aliphatic rings. The molecule has 0 radical (unpaired) electrons. The Balaban J connectivity index is 1.59. The Labute approximate surface area is 222 Å². The zero-order valence-electron chi connectivity index (χ0n) is 20.9. The number of sulfone groups is 1. The summed E-state index contributed by atoms with van der Waals surface area (Å²) in [7, 11) is -0.616. The lowest BCUT2D eigenvalue weighted by Gasteiger charge is -2.34. The predicted molar refractivity (Wildman–Crippen MR) is 136 cm³/mol. The van der Waals surface area contributed by atoms with Crippen molar-refractivity contribution in [3.8, 4) is 0 Å². The van der Waals surface area contributed by atoms with Crippen molar-refractivity contribution in [2.24, 2.45) is 5.92 Å². The summed E-state index contributed by atoms with van der Waals surface area (Å²) in [4.78, 5) is 17.9. The van der Waals surface area contributed by atoms with Crippen molar-refractivity contribution in [1.82, 2.24) is 19.5 Å². The number of hydrogen-bond acceptors (Lipinski definition) is 7. The standard InChI is InChI=1S/C24H27ClF3N5O4S/c1-14(37-3)20-18(12-29-33-13-19(25)31-22(20)33)30-17-6-4-15(5-7-17)21(24(26,27)28)32(2)23(34)16-8-10-38(35,36)11-9-16/h4-7,12-14,16,21,30H,8-11H2,1-3H3/t14-,21?/m0/s1. The van der Waals surface area contributed by atoms with E-state index in [-0.39, 0.29) is 35.1 Å². The Morgan fingerprint density at radius 2 is 1.87 bits per heavy atom. The molecule has 4 rings (SSSR count). The number of nitrogens with zero attached hydrogens (tertiary/aromatic N) is 4. The Bertz CT molecular complexity index is 1420. The number of amides is 1. The molecule has 14 heteroatoms. The molecule has 0 bridgehead atoms. The highest BCUT2D eigenvalue weighted by Gasteiger charge is 2.46. The number of hydrogen-bond donors (Lipinski definition) is 1. The van der Waals surface area contributed by atoms with Gasteiger partial charge in [-0.3, -0.25) is 4.79 Å². The third-order valence-corrected chi connectivity index (χ3v) is 8.61. The lowest BCUT2D eigenvalue weighted by atomic mass is 9.98. The fourth-order valence-electron chi connectivity index (χ4n) is 4.63. The molecule has 1 aliphatic heterocycles. The molecule has 1 amide bonds. The molecule has 1 N–H and O–H groups in total. The first-order valence-electron chi connectivity index (χ1n) is 11.8. The van der Waals surface area contributed by atoms with E-state index in [0.29, 0.717) is 27.5 Å². The number of nitrogens with one attached hydrogen (secondary N) is 1. The van der Waals surface area contributed by atoms with Gasteiger partial charge in [0.1, 0.15) is 15.0 Å². The zero-order chi connectivity index (χ0) is 27.8. The van der Waals surface area contributed by atoms with Crippen LogP contribution in [0.5, 0.6) is 0 Å². The fourth-order valence-corrected chi connectivity index (χ4v) is 6.30. The van der Waals surface area contributed by atoms with E-state index in [9.17, 15) is 26.4 Å². The van der Waals surface area contributed by atoms with Gasteiger partial charge in [-0.25, -0.2) is 17.9 Å². The number of rotatable bonds is 7. The number of methoxy groups -OCH3 is 1. The quantitative estimate of drug-likeness (QED) is 0.436. The van der Waals surface area contributed by atoms with Gasteiger partial charge in [0.2, 0.25) is 5.91 Å². The topological polar surface area (TPSA) is 106 Å². The molecule has 1 fully saturated rings. The maximum atomic E-state index is 14.1. The van der Waals surface area contributed by atoms with Crippen LogP contribution in [-0.2, 0) is 19.4 Å². The number of anilines is 2. The van der Waals surface area contributed by atoms with Crippen LogP contribution in [0.2, 0.25) is 5.15 Å². The number of benzene rings is 1. The van der Waals surface area contributed by atoms with Gasteiger partial charge >= 0.3 is 6.18 Å². The number of aromatic nitrogens is 3. The number of fused-ring (bicyclic) bond motifs is 1. The van der Waals surface area contributed by atoms with Crippen molar-refractivity contribution in [2.75, 3.05) is 31.0 Å². The molecule has 2 atom stereocenters. The molecule has 38 heavy (non-hydrogen) atoms. The number of imidazole rings is 1. The lowest BCUT2D eigenvalue weighted by Crippen LogP contribution is -2.44. The molecule has 1 saturated heterocycles. The van der Waals surface area contributed by atoms with Crippen molar-refractivity contribution < 1.29 is 31.1 Å². The molecule has 9 nitrogen and oxygen atoms in total. The van der Waals surface area contributed by atoms with Crippen LogP contribution in [0.15, 0.2) is 36.7 Å². The Morgan fingerprint density at radius 3 is 2.45 bits per heavy atom. The van der Waals surface area contributed by atoms with Gasteiger partial charge in [0, 0.05) is 25.8 Å². The summed E-state index contributed by atoms with van der Waals surface area (Å²) in [6.45, 7) is 1.81. The van der Waals surface area contributed by atoms with Crippen LogP contribution >= 0.6 is 11.6 Å². The van der Waals surface area contributed by atoms with Crippen LogP contribution < -0.4 is 5.32 Å². The lowest BCUT2D eigenvalue weighted by molar-refractivity contribution is -0.190. The van der Waals surface area contributed by atoms with Crippen LogP contribution in [0, 0.1) is 5.92 Å². The van der Waals surface area contributed by atoms with Crippen LogP contribution in [0.1, 0.15) is 43.0 Å². The van der Waals surface area contributed by atoms with E-state index in [0.717, 1.165) is 7.05 Å². The minimum Gasteiger partial charge on any atom is -0.377 e. The summed E-state index contributed by atoms with van der Waals surface area (Å²) >= 11 is 6.03. The van der Waals surface area contributed by atoms with Gasteiger partial charge in [0.15, 0.2) is 11.7 Å². The number of carbonyl (C=O) groups excluding carboxylic acids is 1. The third kappa shape index (κ3) is 5.89. The number of ether oxygens (including phenoxy) is 1. The largest absolute Gasteiger partial charge is 0.413 e. The maximum absolute atomic E-state index is 14.1. The average Bonchev–Trinajstić information content (AvgIpc) is 3.23. The third-order valence-electron chi connectivity index (χ3n) is 6.72. The molecule has 3 aromatic rings. The van der Waals surface area contributed by atoms with Gasteiger partial charge in [-0.05, 0) is 37.5 Å². The highest BCUT2D eigenvalue weighted by molar-refractivity contribution is 7.91. The van der Waals surface area contributed by atoms with Crippen molar-refractivity contribution in [3.05, 3.63) is 52.9 Å². The van der Waals surface area contributed by atoms with E-state index in [1.807, 2.05) is 6.92 Å². The molecule has 0 saturated carbocycles. The Morgan fingerprint density at radius 1 is 1.24 bits per heavy atom. The second-order valence-electron chi connectivity index (χ2n) is 9.25. The monoisotopic (exact) mass is 573 g/mol. The summed E-state index contributed by atoms with van der Waals surface area (Å²) in [5, 5.41) is 7.66. The van der Waals surface area contributed by atoms with Crippen molar-refractivity contribution in [2.45, 2.75) is 38.1 Å². The first-order chi connectivity index (χ1) is 17.8. The smallest absolute Gasteiger partial charge is 0.377 e. The van der Waals surface area contributed by atoms with E-state index in [1.54, 1.807) is 12.4 Å². The zero-order valence-corrected chi connectivity index (χ0v) is 22.4. The second kappa shape index (κ2) is 10.7.